The molecule has 1 heterocycles. The molecule has 5 nitrogen and oxygen atoms in total. The number of aromatic nitrogens is 2. The first kappa shape index (κ1) is 18.4. The molecule has 2 rings (SSSR count). The smallest absolute Gasteiger partial charge is 0.274 e. The van der Waals surface area contributed by atoms with Crippen LogP contribution < -0.4 is 10.6 Å². The summed E-state index contributed by atoms with van der Waals surface area (Å²) < 4.78 is 0.979. The van der Waals surface area contributed by atoms with E-state index >= 15 is 0 Å². The third-order valence-electron chi connectivity index (χ3n) is 3.54. The van der Waals surface area contributed by atoms with Crippen LogP contribution in [0.1, 0.15) is 42.1 Å². The average molecular weight is 391 g/mol. The van der Waals surface area contributed by atoms with E-state index in [1.165, 1.54) is 0 Å². The van der Waals surface area contributed by atoms with Crippen LogP contribution in [0.3, 0.4) is 0 Å². The van der Waals surface area contributed by atoms with Crippen LogP contribution in [0.4, 0.5) is 11.5 Å². The largest absolute Gasteiger partial charge is 0.370 e. The Balaban J connectivity index is 2.12. The van der Waals surface area contributed by atoms with E-state index in [9.17, 15) is 4.79 Å². The van der Waals surface area contributed by atoms with Crippen molar-refractivity contribution in [3.05, 3.63) is 45.8 Å². The van der Waals surface area contributed by atoms with Crippen LogP contribution in [0.5, 0.6) is 0 Å². The van der Waals surface area contributed by atoms with E-state index in [0.29, 0.717) is 23.3 Å². The summed E-state index contributed by atoms with van der Waals surface area (Å²) in [6, 6.07) is 7.41. The van der Waals surface area contributed by atoms with E-state index in [0.717, 1.165) is 28.7 Å². The minimum absolute atomic E-state index is 0.238. The number of anilines is 2. The summed E-state index contributed by atoms with van der Waals surface area (Å²) in [5.74, 6) is 1.63. The first-order valence-electron chi connectivity index (χ1n) is 8.02. The topological polar surface area (TPSA) is 66.9 Å². The van der Waals surface area contributed by atoms with Crippen LogP contribution in [0, 0.1) is 19.8 Å². The van der Waals surface area contributed by atoms with Crippen LogP contribution >= 0.6 is 15.9 Å². The Morgan fingerprint density at radius 2 is 1.96 bits per heavy atom. The zero-order valence-corrected chi connectivity index (χ0v) is 16.1. The quantitative estimate of drug-likeness (QED) is 0.757. The number of rotatable bonds is 6. The third-order valence-corrected chi connectivity index (χ3v) is 4.03. The summed E-state index contributed by atoms with van der Waals surface area (Å²) in [6.45, 7) is 8.90. The van der Waals surface area contributed by atoms with E-state index < -0.39 is 0 Å². The molecule has 0 unspecified atom stereocenters. The predicted octanol–water partition coefficient (Wildman–Crippen LogP) is 4.57. The number of carbonyl (C=O) groups is 1. The average Bonchev–Trinajstić information content (AvgIpc) is 2.49. The van der Waals surface area contributed by atoms with Gasteiger partial charge in [0, 0.05) is 22.8 Å². The molecule has 0 fully saturated rings. The molecule has 24 heavy (non-hydrogen) atoms. The van der Waals surface area contributed by atoms with Crippen molar-refractivity contribution in [1.29, 1.82) is 0 Å². The van der Waals surface area contributed by atoms with Gasteiger partial charge in [-0.15, -0.1) is 0 Å². The molecule has 0 atom stereocenters. The number of nitrogens with zero attached hydrogens (tertiary/aromatic N) is 2. The summed E-state index contributed by atoms with van der Waals surface area (Å²) in [6.07, 6.45) is 1.04. The number of nitrogens with one attached hydrogen (secondary N) is 2. The van der Waals surface area contributed by atoms with E-state index in [1.54, 1.807) is 13.0 Å². The van der Waals surface area contributed by atoms with E-state index in [2.05, 4.69) is 50.4 Å². The minimum atomic E-state index is -0.238. The Kier molecular flexibility index (Phi) is 6.31. The maximum absolute atomic E-state index is 12.5. The van der Waals surface area contributed by atoms with E-state index in [4.69, 9.17) is 0 Å². The van der Waals surface area contributed by atoms with Crippen LogP contribution in [0.15, 0.2) is 28.7 Å². The maximum Gasteiger partial charge on any atom is 0.274 e. The van der Waals surface area contributed by atoms with Crippen molar-refractivity contribution in [2.75, 3.05) is 17.2 Å². The summed E-state index contributed by atoms with van der Waals surface area (Å²) in [5.41, 5.74) is 2.12. The zero-order valence-electron chi connectivity index (χ0n) is 14.5. The van der Waals surface area contributed by atoms with Crippen molar-refractivity contribution in [1.82, 2.24) is 9.97 Å². The van der Waals surface area contributed by atoms with Crippen molar-refractivity contribution < 1.29 is 4.79 Å². The van der Waals surface area contributed by atoms with Crippen LogP contribution in [-0.4, -0.2) is 22.4 Å². The lowest BCUT2D eigenvalue weighted by molar-refractivity contribution is 0.102. The Hall–Kier alpha value is -1.95. The van der Waals surface area contributed by atoms with Crippen LogP contribution in [0.25, 0.3) is 0 Å². The number of aryl methyl sites for hydroxylation is 2. The Bertz CT molecular complexity index is 731. The van der Waals surface area contributed by atoms with Gasteiger partial charge in [-0.1, -0.05) is 29.8 Å². The molecule has 128 valence electrons. The lowest BCUT2D eigenvalue weighted by Gasteiger charge is -2.11. The van der Waals surface area contributed by atoms with Gasteiger partial charge in [0.25, 0.3) is 5.91 Å². The molecule has 2 N–H and O–H groups in total. The number of halogens is 1. The highest BCUT2D eigenvalue weighted by Gasteiger charge is 2.12. The molecule has 0 aliphatic rings. The normalized spacial score (nSPS) is 10.8. The Morgan fingerprint density at radius 1 is 1.21 bits per heavy atom. The van der Waals surface area contributed by atoms with Gasteiger partial charge in [-0.25, -0.2) is 9.97 Å². The lowest BCUT2D eigenvalue weighted by Crippen LogP contribution is -2.16. The molecule has 1 aromatic carbocycles. The molecular weight excluding hydrogens is 368 g/mol. The summed E-state index contributed by atoms with van der Waals surface area (Å²) in [7, 11) is 0. The van der Waals surface area contributed by atoms with Gasteiger partial charge in [-0.05, 0) is 49.9 Å². The molecule has 0 aliphatic carbocycles. The van der Waals surface area contributed by atoms with Gasteiger partial charge in [0.15, 0.2) is 0 Å². The number of amides is 1. The minimum Gasteiger partial charge on any atom is -0.370 e. The first-order valence-corrected chi connectivity index (χ1v) is 8.81. The zero-order chi connectivity index (χ0) is 17.7. The Morgan fingerprint density at radius 3 is 2.62 bits per heavy atom. The van der Waals surface area contributed by atoms with Gasteiger partial charge in [-0.3, -0.25) is 4.79 Å². The van der Waals surface area contributed by atoms with Gasteiger partial charge in [0.05, 0.1) is 0 Å². The highest BCUT2D eigenvalue weighted by atomic mass is 79.9. The second kappa shape index (κ2) is 8.24. The molecule has 0 bridgehead atoms. The molecule has 1 aromatic heterocycles. The summed E-state index contributed by atoms with van der Waals surface area (Å²) >= 11 is 3.42. The van der Waals surface area contributed by atoms with Gasteiger partial charge in [-0.2, -0.15) is 0 Å². The predicted molar refractivity (Wildman–Crippen MR) is 102 cm³/mol. The van der Waals surface area contributed by atoms with Gasteiger partial charge in [0.1, 0.15) is 17.3 Å². The number of hydrogen-bond acceptors (Lipinski definition) is 4. The van der Waals surface area contributed by atoms with Gasteiger partial charge < -0.3 is 10.6 Å². The first-order chi connectivity index (χ1) is 11.3. The molecule has 0 radical (unpaired) electrons. The van der Waals surface area contributed by atoms with Gasteiger partial charge >= 0.3 is 0 Å². The van der Waals surface area contributed by atoms with Crippen molar-refractivity contribution in [2.24, 2.45) is 5.92 Å². The molecule has 2 aromatic rings. The molecule has 0 spiro atoms. The fourth-order valence-electron chi connectivity index (χ4n) is 2.22. The van der Waals surface area contributed by atoms with E-state index in [-0.39, 0.29) is 5.91 Å². The second-order valence-electron chi connectivity index (χ2n) is 6.21. The van der Waals surface area contributed by atoms with E-state index in [1.807, 2.05) is 25.1 Å². The summed E-state index contributed by atoms with van der Waals surface area (Å²) in [4.78, 5) is 21.1. The molecule has 0 saturated heterocycles. The molecule has 0 aliphatic heterocycles. The van der Waals surface area contributed by atoms with Crippen molar-refractivity contribution in [3.63, 3.8) is 0 Å². The number of benzene rings is 1. The number of hydrogen-bond donors (Lipinski definition) is 2. The maximum atomic E-state index is 12.5. The monoisotopic (exact) mass is 390 g/mol. The van der Waals surface area contributed by atoms with Crippen LogP contribution in [0.2, 0.25) is 0 Å². The van der Waals surface area contributed by atoms with Crippen molar-refractivity contribution in [3.8, 4) is 0 Å². The summed E-state index contributed by atoms with van der Waals surface area (Å²) in [5, 5.41) is 6.16. The van der Waals surface area contributed by atoms with Crippen molar-refractivity contribution >= 4 is 33.3 Å². The molecule has 1 amide bonds. The van der Waals surface area contributed by atoms with Gasteiger partial charge in [0.2, 0.25) is 0 Å². The Labute approximate surface area is 151 Å². The lowest BCUT2D eigenvalue weighted by atomic mass is 10.1. The highest BCUT2D eigenvalue weighted by molar-refractivity contribution is 9.10. The highest BCUT2D eigenvalue weighted by Crippen LogP contribution is 2.20. The molecule has 0 saturated carbocycles. The fourth-order valence-corrected chi connectivity index (χ4v) is 2.69. The van der Waals surface area contributed by atoms with Crippen LogP contribution in [-0.2, 0) is 0 Å². The molecular formula is C18H23BrN4O. The molecule has 6 heteroatoms. The fraction of sp³-hybridized carbons (Fsp3) is 0.389. The second-order valence-corrected chi connectivity index (χ2v) is 7.12. The SMILES string of the molecule is Cc1nc(NCCC(C)C)cc(C(=O)Nc2ccc(Br)cc2C)n1. The van der Waals surface area contributed by atoms with Crippen molar-refractivity contribution in [2.45, 2.75) is 34.1 Å². The standard InChI is InChI=1S/C18H23BrN4O/c1-11(2)7-8-20-17-10-16(21-13(4)22-17)18(24)23-15-6-5-14(19)9-12(15)3/h5-6,9-11H,7-8H2,1-4H3,(H,23,24)(H,20,21,22). The number of carbonyl (C=O) groups excluding carboxylic acids is 1. The third kappa shape index (κ3) is 5.30.